The van der Waals surface area contributed by atoms with E-state index in [2.05, 4.69) is 11.1 Å². The standard InChI is InChI=1S/C10H11Cl2N/c11-6-8-5-7-3-1-2-4-9(7)13-10(8)12/h5H,1-4,6H2. The highest BCUT2D eigenvalue weighted by molar-refractivity contribution is 6.31. The van der Waals surface area contributed by atoms with E-state index in [1.165, 1.54) is 24.1 Å². The van der Waals surface area contributed by atoms with Gasteiger partial charge in [-0.15, -0.1) is 11.6 Å². The molecule has 1 aromatic heterocycles. The van der Waals surface area contributed by atoms with Gasteiger partial charge in [0.15, 0.2) is 0 Å². The molecule has 0 amide bonds. The number of fused-ring (bicyclic) bond motifs is 1. The largest absolute Gasteiger partial charge is 0.241 e. The van der Waals surface area contributed by atoms with Crippen LogP contribution >= 0.6 is 23.2 Å². The van der Waals surface area contributed by atoms with E-state index in [9.17, 15) is 0 Å². The smallest absolute Gasteiger partial charge is 0.133 e. The van der Waals surface area contributed by atoms with Gasteiger partial charge >= 0.3 is 0 Å². The fourth-order valence-corrected chi connectivity index (χ4v) is 2.25. The fourth-order valence-electron chi connectivity index (χ4n) is 1.75. The highest BCUT2D eigenvalue weighted by Crippen LogP contribution is 2.25. The first-order valence-electron chi connectivity index (χ1n) is 4.54. The van der Waals surface area contributed by atoms with Crippen LogP contribution in [-0.4, -0.2) is 4.98 Å². The topological polar surface area (TPSA) is 12.9 Å². The van der Waals surface area contributed by atoms with Crippen LogP contribution in [0.4, 0.5) is 0 Å². The molecule has 0 spiro atoms. The van der Waals surface area contributed by atoms with Gasteiger partial charge < -0.3 is 0 Å². The zero-order chi connectivity index (χ0) is 9.26. The normalized spacial score (nSPS) is 15.5. The van der Waals surface area contributed by atoms with E-state index >= 15 is 0 Å². The average Bonchev–Trinajstić information content (AvgIpc) is 2.17. The lowest BCUT2D eigenvalue weighted by Crippen LogP contribution is -2.06. The minimum atomic E-state index is 0.457. The number of pyridine rings is 1. The Balaban J connectivity index is 2.44. The van der Waals surface area contributed by atoms with Gasteiger partial charge in [0.1, 0.15) is 5.15 Å². The van der Waals surface area contributed by atoms with Crippen molar-refractivity contribution in [3.8, 4) is 0 Å². The number of nitrogens with zero attached hydrogens (tertiary/aromatic N) is 1. The predicted octanol–water partition coefficient (Wildman–Crippen LogP) is 3.35. The summed E-state index contributed by atoms with van der Waals surface area (Å²) in [6.07, 6.45) is 4.69. The summed E-state index contributed by atoms with van der Waals surface area (Å²) in [5.74, 6) is 0.457. The second-order valence-electron chi connectivity index (χ2n) is 3.38. The van der Waals surface area contributed by atoms with E-state index in [0.29, 0.717) is 11.0 Å². The van der Waals surface area contributed by atoms with Crippen molar-refractivity contribution >= 4 is 23.2 Å². The molecule has 13 heavy (non-hydrogen) atoms. The first-order valence-corrected chi connectivity index (χ1v) is 5.45. The monoisotopic (exact) mass is 215 g/mol. The van der Waals surface area contributed by atoms with Gasteiger partial charge in [0.05, 0.1) is 5.88 Å². The summed E-state index contributed by atoms with van der Waals surface area (Å²) in [7, 11) is 0. The van der Waals surface area contributed by atoms with E-state index in [1.807, 2.05) is 0 Å². The molecule has 0 radical (unpaired) electrons. The summed E-state index contributed by atoms with van der Waals surface area (Å²) in [6, 6.07) is 2.11. The maximum Gasteiger partial charge on any atom is 0.133 e. The van der Waals surface area contributed by atoms with Crippen molar-refractivity contribution in [2.24, 2.45) is 0 Å². The SMILES string of the molecule is ClCc1cc2c(nc1Cl)CCCC2. The summed E-state index contributed by atoms with van der Waals surface area (Å²) in [5, 5.41) is 0.579. The molecule has 1 aromatic rings. The van der Waals surface area contributed by atoms with Crippen LogP contribution in [0.25, 0.3) is 0 Å². The second kappa shape index (κ2) is 3.85. The van der Waals surface area contributed by atoms with Crippen molar-refractivity contribution in [1.82, 2.24) is 4.98 Å². The molecule has 3 heteroatoms. The van der Waals surface area contributed by atoms with Gasteiger partial charge in [0, 0.05) is 11.3 Å². The molecule has 70 valence electrons. The van der Waals surface area contributed by atoms with E-state index in [0.717, 1.165) is 18.4 Å². The van der Waals surface area contributed by atoms with Crippen LogP contribution in [0.5, 0.6) is 0 Å². The first kappa shape index (κ1) is 9.29. The second-order valence-corrected chi connectivity index (χ2v) is 4.01. The van der Waals surface area contributed by atoms with Gasteiger partial charge in [-0.25, -0.2) is 4.98 Å². The minimum Gasteiger partial charge on any atom is -0.241 e. The van der Waals surface area contributed by atoms with E-state index < -0.39 is 0 Å². The summed E-state index contributed by atoms with van der Waals surface area (Å²) in [5.41, 5.74) is 3.47. The molecule has 0 N–H and O–H groups in total. The molecule has 2 rings (SSSR count). The number of hydrogen-bond acceptors (Lipinski definition) is 1. The summed E-state index contributed by atoms with van der Waals surface area (Å²) < 4.78 is 0. The quantitative estimate of drug-likeness (QED) is 0.518. The van der Waals surface area contributed by atoms with Crippen LogP contribution in [0.2, 0.25) is 5.15 Å². The third-order valence-electron chi connectivity index (χ3n) is 2.47. The molecule has 0 atom stereocenters. The third kappa shape index (κ3) is 1.82. The van der Waals surface area contributed by atoms with Crippen molar-refractivity contribution in [3.05, 3.63) is 28.0 Å². The number of aromatic nitrogens is 1. The number of aryl methyl sites for hydroxylation is 2. The Hall–Kier alpha value is -0.270. The number of rotatable bonds is 1. The Labute approximate surface area is 88.1 Å². The Morgan fingerprint density at radius 1 is 1.31 bits per heavy atom. The molecule has 1 nitrogen and oxygen atoms in total. The van der Waals surface area contributed by atoms with Gasteiger partial charge in [0.25, 0.3) is 0 Å². The highest BCUT2D eigenvalue weighted by Gasteiger charge is 2.13. The van der Waals surface area contributed by atoms with Crippen molar-refractivity contribution in [2.75, 3.05) is 0 Å². The van der Waals surface area contributed by atoms with Crippen LogP contribution in [0.15, 0.2) is 6.07 Å². The lowest BCUT2D eigenvalue weighted by molar-refractivity contribution is 0.666. The van der Waals surface area contributed by atoms with Crippen LogP contribution in [-0.2, 0) is 18.7 Å². The molecule has 1 aliphatic carbocycles. The lowest BCUT2D eigenvalue weighted by atomic mass is 9.95. The van der Waals surface area contributed by atoms with Gasteiger partial charge in [0.2, 0.25) is 0 Å². The number of hydrogen-bond donors (Lipinski definition) is 0. The molecule has 1 aliphatic rings. The van der Waals surface area contributed by atoms with Crippen LogP contribution in [0.1, 0.15) is 29.7 Å². The van der Waals surface area contributed by atoms with Crippen molar-refractivity contribution < 1.29 is 0 Å². The molecule has 1 heterocycles. The lowest BCUT2D eigenvalue weighted by Gasteiger charge is -2.15. The van der Waals surface area contributed by atoms with E-state index in [4.69, 9.17) is 23.2 Å². The maximum absolute atomic E-state index is 5.97. The zero-order valence-corrected chi connectivity index (χ0v) is 8.83. The molecule has 0 bridgehead atoms. The van der Waals surface area contributed by atoms with Gasteiger partial charge in [-0.3, -0.25) is 0 Å². The van der Waals surface area contributed by atoms with Crippen molar-refractivity contribution in [2.45, 2.75) is 31.6 Å². The van der Waals surface area contributed by atoms with Crippen LogP contribution in [0, 0.1) is 0 Å². The molecule has 0 aromatic carbocycles. The van der Waals surface area contributed by atoms with Gasteiger partial charge in [-0.1, -0.05) is 11.6 Å². The molecule has 0 unspecified atom stereocenters. The maximum atomic E-state index is 5.97. The van der Waals surface area contributed by atoms with Gasteiger partial charge in [-0.2, -0.15) is 0 Å². The van der Waals surface area contributed by atoms with Crippen molar-refractivity contribution in [3.63, 3.8) is 0 Å². The number of halogens is 2. The average molecular weight is 216 g/mol. The zero-order valence-electron chi connectivity index (χ0n) is 7.32. The molecule has 0 saturated carbocycles. The van der Waals surface area contributed by atoms with Crippen LogP contribution < -0.4 is 0 Å². The molecular formula is C10H11Cl2N. The summed E-state index contributed by atoms with van der Waals surface area (Å²) >= 11 is 11.7. The molecule has 0 saturated heterocycles. The summed E-state index contributed by atoms with van der Waals surface area (Å²) in [4.78, 5) is 4.37. The van der Waals surface area contributed by atoms with E-state index in [-0.39, 0.29) is 0 Å². The molecular weight excluding hydrogens is 205 g/mol. The Kier molecular flexibility index (Phi) is 2.75. The van der Waals surface area contributed by atoms with Gasteiger partial charge in [-0.05, 0) is 37.3 Å². The third-order valence-corrected chi connectivity index (χ3v) is 3.09. The molecule has 0 fully saturated rings. The molecule has 0 aliphatic heterocycles. The van der Waals surface area contributed by atoms with E-state index in [1.54, 1.807) is 0 Å². The predicted molar refractivity (Wildman–Crippen MR) is 55.4 cm³/mol. The van der Waals surface area contributed by atoms with Crippen LogP contribution in [0.3, 0.4) is 0 Å². The number of alkyl halides is 1. The summed E-state index contributed by atoms with van der Waals surface area (Å²) in [6.45, 7) is 0. The minimum absolute atomic E-state index is 0.457. The Morgan fingerprint density at radius 2 is 2.08 bits per heavy atom. The highest BCUT2D eigenvalue weighted by atomic mass is 35.5. The Bertz CT molecular complexity index is 323. The van der Waals surface area contributed by atoms with Crippen molar-refractivity contribution in [1.29, 1.82) is 0 Å². The first-order chi connectivity index (χ1) is 6.31. The fraction of sp³-hybridized carbons (Fsp3) is 0.500. The Morgan fingerprint density at radius 3 is 2.85 bits per heavy atom.